The van der Waals surface area contributed by atoms with Gasteiger partial charge in [0.25, 0.3) is 0 Å². The SMILES string of the molecule is CC(CN=NC(C)(C)C)NC(=O)Nc1ccc(CCCCCCCCCCCCCCNC(=O)NC(C)(C)N=NC(C)(C)C)cc1. The van der Waals surface area contributed by atoms with Gasteiger partial charge in [-0.15, -0.1) is 0 Å². The number of rotatable bonds is 21. The van der Waals surface area contributed by atoms with Crippen molar-refractivity contribution in [2.24, 2.45) is 20.5 Å². The van der Waals surface area contributed by atoms with Crippen LogP contribution in [0.5, 0.6) is 0 Å². The molecule has 0 radical (unpaired) electrons. The number of nitrogens with one attached hydrogen (secondary N) is 4. The molecule has 4 amide bonds. The van der Waals surface area contributed by atoms with Crippen LogP contribution in [-0.2, 0) is 6.42 Å². The summed E-state index contributed by atoms with van der Waals surface area (Å²) >= 11 is 0. The standard InChI is InChI=1S/C36H66N8O2/c1-29(28-38-42-34(2,3)4)39-33(46)40-31-25-23-30(24-26-31)22-20-18-16-14-12-10-11-13-15-17-19-21-27-37-32(45)41-36(8,9)44-43-35(5,6)7/h23-26,29H,10-22,27-28H2,1-9H3,(H2,37,41,45)(H2,39,40,46). The third-order valence-electron chi connectivity index (χ3n) is 7.01. The van der Waals surface area contributed by atoms with Gasteiger partial charge in [0.1, 0.15) is 5.66 Å². The van der Waals surface area contributed by atoms with Crippen LogP contribution in [0.1, 0.15) is 145 Å². The van der Waals surface area contributed by atoms with E-state index in [1.165, 1.54) is 69.8 Å². The van der Waals surface area contributed by atoms with Gasteiger partial charge in [-0.2, -0.15) is 20.5 Å². The number of hydrogen-bond acceptors (Lipinski definition) is 6. The number of anilines is 1. The second kappa shape index (κ2) is 21.7. The van der Waals surface area contributed by atoms with Crippen molar-refractivity contribution in [3.63, 3.8) is 0 Å². The van der Waals surface area contributed by atoms with Crippen molar-refractivity contribution in [2.45, 2.75) is 169 Å². The molecule has 1 aromatic rings. The number of carbonyl (C=O) groups excluding carboxylic acids is 2. The Morgan fingerprint density at radius 1 is 0.652 bits per heavy atom. The van der Waals surface area contributed by atoms with E-state index < -0.39 is 5.66 Å². The predicted molar refractivity (Wildman–Crippen MR) is 192 cm³/mol. The van der Waals surface area contributed by atoms with Crippen LogP contribution in [0.15, 0.2) is 44.7 Å². The number of benzene rings is 1. The molecule has 0 saturated heterocycles. The molecule has 10 heteroatoms. The number of carbonyl (C=O) groups is 2. The van der Waals surface area contributed by atoms with Crippen LogP contribution in [0.4, 0.5) is 15.3 Å². The molecule has 0 aliphatic heterocycles. The Morgan fingerprint density at radius 2 is 1.15 bits per heavy atom. The summed E-state index contributed by atoms with van der Waals surface area (Å²) in [4.78, 5) is 24.4. The lowest BCUT2D eigenvalue weighted by Gasteiger charge is -2.22. The quantitative estimate of drug-likeness (QED) is 0.0785. The van der Waals surface area contributed by atoms with Gasteiger partial charge in [-0.05, 0) is 99.3 Å². The molecule has 1 unspecified atom stereocenters. The molecule has 0 fully saturated rings. The van der Waals surface area contributed by atoms with Gasteiger partial charge in [0, 0.05) is 18.3 Å². The van der Waals surface area contributed by atoms with E-state index >= 15 is 0 Å². The van der Waals surface area contributed by atoms with Crippen molar-refractivity contribution >= 4 is 17.7 Å². The largest absolute Gasteiger partial charge is 0.338 e. The minimum atomic E-state index is -0.717. The fraction of sp³-hybridized carbons (Fsp3) is 0.778. The van der Waals surface area contributed by atoms with E-state index in [-0.39, 0.29) is 29.2 Å². The Balaban J connectivity index is 1.99. The summed E-state index contributed by atoms with van der Waals surface area (Å²) in [6, 6.07) is 7.65. The average molecular weight is 643 g/mol. The second-order valence-corrected chi connectivity index (χ2v) is 15.1. The lowest BCUT2D eigenvalue weighted by atomic mass is 10.0. The minimum Gasteiger partial charge on any atom is -0.338 e. The highest BCUT2D eigenvalue weighted by molar-refractivity contribution is 5.89. The zero-order valence-electron chi connectivity index (χ0n) is 30.6. The highest BCUT2D eigenvalue weighted by atomic mass is 16.2. The van der Waals surface area contributed by atoms with Gasteiger partial charge >= 0.3 is 12.1 Å². The van der Waals surface area contributed by atoms with Crippen LogP contribution in [-0.4, -0.2) is 47.9 Å². The van der Waals surface area contributed by atoms with Crippen LogP contribution >= 0.6 is 0 Å². The van der Waals surface area contributed by atoms with E-state index in [9.17, 15) is 9.59 Å². The summed E-state index contributed by atoms with van der Waals surface area (Å²) < 4.78 is 0. The normalized spacial score (nSPS) is 13.2. The molecule has 1 atom stereocenters. The molecule has 0 spiro atoms. The van der Waals surface area contributed by atoms with Crippen LogP contribution in [0.25, 0.3) is 0 Å². The zero-order chi connectivity index (χ0) is 34.5. The zero-order valence-corrected chi connectivity index (χ0v) is 30.6. The highest BCUT2D eigenvalue weighted by Gasteiger charge is 2.20. The van der Waals surface area contributed by atoms with E-state index in [1.54, 1.807) is 0 Å². The Labute approximate surface area is 280 Å². The molecular formula is C36H66N8O2. The molecule has 1 rings (SSSR count). The van der Waals surface area contributed by atoms with Gasteiger partial charge in [0.05, 0.1) is 17.6 Å². The topological polar surface area (TPSA) is 132 Å². The molecule has 46 heavy (non-hydrogen) atoms. The van der Waals surface area contributed by atoms with Gasteiger partial charge in [-0.3, -0.25) is 0 Å². The molecular weight excluding hydrogens is 576 g/mol. The number of aryl methyl sites for hydroxylation is 1. The molecule has 0 saturated carbocycles. The predicted octanol–water partition coefficient (Wildman–Crippen LogP) is 9.96. The maximum Gasteiger partial charge on any atom is 0.319 e. The molecule has 0 bridgehead atoms. The van der Waals surface area contributed by atoms with E-state index in [0.29, 0.717) is 13.1 Å². The van der Waals surface area contributed by atoms with Crippen LogP contribution in [0, 0.1) is 0 Å². The van der Waals surface area contributed by atoms with Crippen LogP contribution in [0.3, 0.4) is 0 Å². The number of hydrogen-bond donors (Lipinski definition) is 4. The van der Waals surface area contributed by atoms with Gasteiger partial charge in [-0.25, -0.2) is 9.59 Å². The molecule has 0 heterocycles. The Kier molecular flexibility index (Phi) is 19.3. The molecule has 262 valence electrons. The first-order valence-electron chi connectivity index (χ1n) is 17.6. The van der Waals surface area contributed by atoms with E-state index in [1.807, 2.05) is 74.4 Å². The fourth-order valence-corrected chi connectivity index (χ4v) is 4.61. The van der Waals surface area contributed by atoms with E-state index in [4.69, 9.17) is 0 Å². The molecule has 1 aromatic carbocycles. The summed E-state index contributed by atoms with van der Waals surface area (Å²) in [7, 11) is 0. The molecule has 0 aliphatic rings. The Hall–Kier alpha value is -3.04. The third kappa shape index (κ3) is 24.2. The van der Waals surface area contributed by atoms with Gasteiger partial charge < -0.3 is 21.3 Å². The van der Waals surface area contributed by atoms with Crippen molar-refractivity contribution in [3.8, 4) is 0 Å². The number of nitrogens with zero attached hydrogens (tertiary/aromatic N) is 4. The first-order valence-corrected chi connectivity index (χ1v) is 17.6. The number of azo groups is 2. The Morgan fingerprint density at radius 3 is 1.67 bits per heavy atom. The minimum absolute atomic E-state index is 0.0893. The van der Waals surface area contributed by atoms with Gasteiger partial charge in [0.2, 0.25) is 0 Å². The third-order valence-corrected chi connectivity index (χ3v) is 7.01. The summed E-state index contributed by atoms with van der Waals surface area (Å²) in [5.74, 6) is 0. The maximum absolute atomic E-state index is 12.3. The maximum atomic E-state index is 12.3. The van der Waals surface area contributed by atoms with Crippen LogP contribution in [0.2, 0.25) is 0 Å². The van der Waals surface area contributed by atoms with E-state index in [2.05, 4.69) is 53.9 Å². The molecule has 10 nitrogen and oxygen atoms in total. The summed E-state index contributed by atoms with van der Waals surface area (Å²) in [6.07, 6.45) is 16.1. The average Bonchev–Trinajstić information content (AvgIpc) is 2.93. The molecule has 0 aromatic heterocycles. The number of unbranched alkanes of at least 4 members (excludes halogenated alkanes) is 11. The van der Waals surface area contributed by atoms with Crippen molar-refractivity contribution < 1.29 is 9.59 Å². The van der Waals surface area contributed by atoms with Crippen molar-refractivity contribution in [2.75, 3.05) is 18.4 Å². The molecule has 0 aliphatic carbocycles. The summed E-state index contributed by atoms with van der Waals surface area (Å²) in [5, 5.41) is 28.5. The first kappa shape index (κ1) is 41.0. The van der Waals surface area contributed by atoms with Crippen molar-refractivity contribution in [1.82, 2.24) is 16.0 Å². The fourth-order valence-electron chi connectivity index (χ4n) is 4.61. The van der Waals surface area contributed by atoms with Crippen LogP contribution < -0.4 is 21.3 Å². The smallest absolute Gasteiger partial charge is 0.319 e. The number of urea groups is 2. The van der Waals surface area contributed by atoms with Crippen molar-refractivity contribution in [3.05, 3.63) is 29.8 Å². The summed E-state index contributed by atoms with van der Waals surface area (Å²) in [5.41, 5.74) is 0.930. The highest BCUT2D eigenvalue weighted by Crippen LogP contribution is 2.16. The van der Waals surface area contributed by atoms with E-state index in [0.717, 1.165) is 24.9 Å². The Bertz CT molecular complexity index is 1040. The lowest BCUT2D eigenvalue weighted by molar-refractivity contribution is 0.228. The second-order valence-electron chi connectivity index (χ2n) is 15.1. The van der Waals surface area contributed by atoms with Crippen molar-refractivity contribution in [1.29, 1.82) is 0 Å². The molecule has 4 N–H and O–H groups in total. The lowest BCUT2D eigenvalue weighted by Crippen LogP contribution is -2.47. The monoisotopic (exact) mass is 643 g/mol. The van der Waals surface area contributed by atoms with Gasteiger partial charge in [0.15, 0.2) is 0 Å². The summed E-state index contributed by atoms with van der Waals surface area (Å²) in [6.45, 7) is 18.7. The first-order chi connectivity index (χ1) is 21.5. The number of amides is 4. The van der Waals surface area contributed by atoms with Gasteiger partial charge in [-0.1, -0.05) is 76.3 Å².